The van der Waals surface area contributed by atoms with Crippen LogP contribution in [-0.2, 0) is 23.1 Å². The topological polar surface area (TPSA) is 54.3 Å². The first-order chi connectivity index (χ1) is 10.0. The minimum Gasteiger partial charge on any atom is -0.349 e. The molecule has 0 saturated heterocycles. The fourth-order valence-corrected chi connectivity index (χ4v) is 3.69. The fourth-order valence-electron chi connectivity index (χ4n) is 2.26. The van der Waals surface area contributed by atoms with Crippen molar-refractivity contribution < 1.29 is 8.42 Å². The van der Waals surface area contributed by atoms with Crippen LogP contribution in [0.3, 0.4) is 0 Å². The van der Waals surface area contributed by atoms with Crippen molar-refractivity contribution in [2.45, 2.75) is 50.7 Å². The van der Waals surface area contributed by atoms with Crippen LogP contribution in [-0.4, -0.2) is 36.4 Å². The van der Waals surface area contributed by atoms with Crippen LogP contribution >= 0.6 is 0 Å². The van der Waals surface area contributed by atoms with E-state index in [4.69, 9.17) is 6.42 Å². The largest absolute Gasteiger partial charge is 0.349 e. The Balaban J connectivity index is 2.23. The molecule has 0 amide bonds. The number of aryl methyl sites for hydroxylation is 1. The molecule has 0 unspecified atom stereocenters. The van der Waals surface area contributed by atoms with Gasteiger partial charge in [0.2, 0.25) is 10.0 Å². The SMILES string of the molecule is C#CCN(CC)S(=O)(=O)c1cc(CNC2CC2)n(CC)c1. The summed E-state index contributed by atoms with van der Waals surface area (Å²) >= 11 is 0. The Morgan fingerprint density at radius 3 is 2.71 bits per heavy atom. The summed E-state index contributed by atoms with van der Waals surface area (Å²) in [5.74, 6) is 2.41. The first-order valence-electron chi connectivity index (χ1n) is 7.39. The monoisotopic (exact) mass is 309 g/mol. The normalized spacial score (nSPS) is 15.3. The predicted molar refractivity (Wildman–Crippen MR) is 83.2 cm³/mol. The third kappa shape index (κ3) is 3.67. The first-order valence-corrected chi connectivity index (χ1v) is 8.83. The molecule has 1 aliphatic carbocycles. The van der Waals surface area contributed by atoms with E-state index in [-0.39, 0.29) is 6.54 Å². The molecule has 21 heavy (non-hydrogen) atoms. The lowest BCUT2D eigenvalue weighted by atomic mass is 10.4. The van der Waals surface area contributed by atoms with Crippen molar-refractivity contribution in [3.05, 3.63) is 18.0 Å². The van der Waals surface area contributed by atoms with Gasteiger partial charge in [-0.15, -0.1) is 6.42 Å². The van der Waals surface area contributed by atoms with Crippen molar-refractivity contribution in [2.24, 2.45) is 0 Å². The van der Waals surface area contributed by atoms with Gasteiger partial charge in [0.1, 0.15) is 4.90 Å². The zero-order chi connectivity index (χ0) is 15.5. The zero-order valence-corrected chi connectivity index (χ0v) is 13.5. The van der Waals surface area contributed by atoms with Crippen molar-refractivity contribution in [2.75, 3.05) is 13.1 Å². The summed E-state index contributed by atoms with van der Waals surface area (Å²) in [6.07, 6.45) is 9.39. The summed E-state index contributed by atoms with van der Waals surface area (Å²) in [5.41, 5.74) is 1.000. The number of nitrogens with zero attached hydrogens (tertiary/aromatic N) is 2. The summed E-state index contributed by atoms with van der Waals surface area (Å²) in [6.45, 7) is 5.73. The maximum Gasteiger partial charge on any atom is 0.245 e. The smallest absolute Gasteiger partial charge is 0.245 e. The molecule has 1 aromatic rings. The second-order valence-electron chi connectivity index (χ2n) is 5.24. The molecule has 6 heteroatoms. The van der Waals surface area contributed by atoms with Crippen molar-refractivity contribution in [3.63, 3.8) is 0 Å². The number of terminal acetylenes is 1. The Bertz CT molecular complexity index is 624. The highest BCUT2D eigenvalue weighted by Gasteiger charge is 2.25. The number of sulfonamides is 1. The van der Waals surface area contributed by atoms with Crippen molar-refractivity contribution in [1.29, 1.82) is 0 Å². The van der Waals surface area contributed by atoms with Crippen LogP contribution in [0.2, 0.25) is 0 Å². The third-order valence-corrected chi connectivity index (χ3v) is 5.59. The second-order valence-corrected chi connectivity index (χ2v) is 7.18. The molecular formula is C15H23N3O2S. The number of hydrogen-bond acceptors (Lipinski definition) is 3. The van der Waals surface area contributed by atoms with E-state index in [1.54, 1.807) is 19.2 Å². The van der Waals surface area contributed by atoms with Crippen LogP contribution in [0.25, 0.3) is 0 Å². The predicted octanol–water partition coefficient (Wildman–Crippen LogP) is 1.40. The van der Waals surface area contributed by atoms with Gasteiger partial charge in [-0.25, -0.2) is 8.42 Å². The average molecular weight is 309 g/mol. The number of hydrogen-bond donors (Lipinski definition) is 1. The van der Waals surface area contributed by atoms with Gasteiger partial charge in [0.25, 0.3) is 0 Å². The second kappa shape index (κ2) is 6.65. The molecule has 2 rings (SSSR count). The summed E-state index contributed by atoms with van der Waals surface area (Å²) in [5, 5.41) is 3.42. The van der Waals surface area contributed by atoms with Crippen LogP contribution in [0.4, 0.5) is 0 Å². The minimum absolute atomic E-state index is 0.103. The van der Waals surface area contributed by atoms with E-state index >= 15 is 0 Å². The van der Waals surface area contributed by atoms with E-state index in [9.17, 15) is 8.42 Å². The highest BCUT2D eigenvalue weighted by Crippen LogP contribution is 2.22. The molecule has 1 N–H and O–H groups in total. The molecule has 1 saturated carbocycles. The first kappa shape index (κ1) is 16.1. The molecule has 1 aromatic heterocycles. The Kier molecular flexibility index (Phi) is 5.09. The summed E-state index contributed by atoms with van der Waals surface area (Å²) < 4.78 is 28.5. The summed E-state index contributed by atoms with van der Waals surface area (Å²) in [7, 11) is -3.51. The number of nitrogens with one attached hydrogen (secondary N) is 1. The van der Waals surface area contributed by atoms with Crippen LogP contribution in [0.1, 0.15) is 32.4 Å². The Hall–Kier alpha value is -1.29. The number of aromatic nitrogens is 1. The van der Waals surface area contributed by atoms with E-state index in [1.165, 1.54) is 17.1 Å². The molecule has 0 spiro atoms. The van der Waals surface area contributed by atoms with E-state index in [0.717, 1.165) is 12.2 Å². The summed E-state index contributed by atoms with van der Waals surface area (Å²) in [6, 6.07) is 2.35. The van der Waals surface area contributed by atoms with Crippen LogP contribution in [0.5, 0.6) is 0 Å². The van der Waals surface area contributed by atoms with Crippen LogP contribution < -0.4 is 5.32 Å². The molecule has 0 radical (unpaired) electrons. The van der Waals surface area contributed by atoms with E-state index in [2.05, 4.69) is 11.2 Å². The highest BCUT2D eigenvalue weighted by molar-refractivity contribution is 7.89. The molecule has 1 aliphatic rings. The minimum atomic E-state index is -3.51. The van der Waals surface area contributed by atoms with Gasteiger partial charge in [-0.1, -0.05) is 12.8 Å². The molecule has 0 aliphatic heterocycles. The van der Waals surface area contributed by atoms with Crippen LogP contribution in [0, 0.1) is 12.3 Å². The highest BCUT2D eigenvalue weighted by atomic mass is 32.2. The van der Waals surface area contributed by atoms with E-state index < -0.39 is 10.0 Å². The lowest BCUT2D eigenvalue weighted by Crippen LogP contribution is -2.31. The van der Waals surface area contributed by atoms with Crippen LogP contribution in [0.15, 0.2) is 17.2 Å². The fraction of sp³-hybridized carbons (Fsp3) is 0.600. The van der Waals surface area contributed by atoms with Gasteiger partial charge < -0.3 is 9.88 Å². The third-order valence-electron chi connectivity index (χ3n) is 3.71. The maximum absolute atomic E-state index is 12.6. The lowest BCUT2D eigenvalue weighted by Gasteiger charge is -2.16. The average Bonchev–Trinajstić information content (AvgIpc) is 3.20. The lowest BCUT2D eigenvalue weighted by molar-refractivity contribution is 0.464. The van der Waals surface area contributed by atoms with Crippen molar-refractivity contribution >= 4 is 10.0 Å². The zero-order valence-electron chi connectivity index (χ0n) is 12.7. The Morgan fingerprint density at radius 2 is 2.19 bits per heavy atom. The molecule has 1 fully saturated rings. The molecule has 0 bridgehead atoms. The molecule has 0 aromatic carbocycles. The van der Waals surface area contributed by atoms with Crippen molar-refractivity contribution in [1.82, 2.24) is 14.2 Å². The van der Waals surface area contributed by atoms with Crippen molar-refractivity contribution in [3.8, 4) is 12.3 Å². The quantitative estimate of drug-likeness (QED) is 0.739. The molecule has 5 nitrogen and oxygen atoms in total. The summed E-state index contributed by atoms with van der Waals surface area (Å²) in [4.78, 5) is 0.328. The van der Waals surface area contributed by atoms with Gasteiger partial charge in [0.05, 0.1) is 6.54 Å². The van der Waals surface area contributed by atoms with Gasteiger partial charge in [-0.2, -0.15) is 4.31 Å². The Labute approximate surface area is 127 Å². The standard InChI is InChI=1S/C15H23N3O2S/c1-4-9-18(6-3)21(19,20)15-10-14(17(5-2)12-15)11-16-13-7-8-13/h1,10,12-13,16H,5-9,11H2,2-3H3. The van der Waals surface area contributed by atoms with E-state index in [1.807, 2.05) is 11.5 Å². The molecule has 1 heterocycles. The van der Waals surface area contributed by atoms with Gasteiger partial charge in [-0.3, -0.25) is 0 Å². The molecule has 0 atom stereocenters. The van der Waals surface area contributed by atoms with Gasteiger partial charge in [0.15, 0.2) is 0 Å². The van der Waals surface area contributed by atoms with Gasteiger partial charge in [0, 0.05) is 37.6 Å². The molecular weight excluding hydrogens is 286 g/mol. The number of rotatable bonds is 8. The van der Waals surface area contributed by atoms with E-state index in [0.29, 0.717) is 24.0 Å². The Morgan fingerprint density at radius 1 is 1.48 bits per heavy atom. The van der Waals surface area contributed by atoms with Gasteiger partial charge >= 0.3 is 0 Å². The van der Waals surface area contributed by atoms with Gasteiger partial charge in [-0.05, 0) is 25.8 Å². The molecule has 116 valence electrons. The maximum atomic E-state index is 12.6.